The fourth-order valence-electron chi connectivity index (χ4n) is 4.85. The fourth-order valence-corrected chi connectivity index (χ4v) is 4.85. The summed E-state index contributed by atoms with van der Waals surface area (Å²) < 4.78 is 2.45. The maximum atomic E-state index is 12.7. The Morgan fingerprint density at radius 3 is 1.73 bits per heavy atom. The number of amides is 1. The van der Waals surface area contributed by atoms with E-state index in [2.05, 4.69) is 15.3 Å². The van der Waals surface area contributed by atoms with E-state index in [0.29, 0.717) is 54.3 Å². The Balaban J connectivity index is 1.13. The maximum Gasteiger partial charge on any atom is 0.328 e. The lowest BCUT2D eigenvalue weighted by molar-refractivity contribution is -0.129. The van der Waals surface area contributed by atoms with Crippen LogP contribution >= 0.6 is 0 Å². The van der Waals surface area contributed by atoms with Gasteiger partial charge in [-0.15, -0.1) is 0 Å². The molecule has 3 N–H and O–H groups in total. The number of para-hydroxylation sites is 2. The number of aromatic nitrogens is 4. The molecule has 0 saturated carbocycles. The largest absolute Gasteiger partial charge is 0.343 e. The first-order chi connectivity index (χ1) is 19.4. The summed E-state index contributed by atoms with van der Waals surface area (Å²) in [5.41, 5.74) is -0.352. The minimum atomic E-state index is -0.444. The van der Waals surface area contributed by atoms with Gasteiger partial charge in [0.1, 0.15) is 0 Å². The first kappa shape index (κ1) is 28.8. The van der Waals surface area contributed by atoms with E-state index in [1.807, 2.05) is 0 Å². The zero-order chi connectivity index (χ0) is 28.5. The summed E-state index contributed by atoms with van der Waals surface area (Å²) in [6, 6.07) is 13.9. The van der Waals surface area contributed by atoms with Gasteiger partial charge in [0.05, 0.1) is 21.8 Å². The van der Waals surface area contributed by atoms with Crippen molar-refractivity contribution in [1.29, 1.82) is 0 Å². The van der Waals surface area contributed by atoms with Gasteiger partial charge in [0.25, 0.3) is 11.1 Å². The fraction of sp³-hybridized carbons (Fsp3) is 0.414. The first-order valence-corrected chi connectivity index (χ1v) is 13.8. The van der Waals surface area contributed by atoms with Crippen LogP contribution in [-0.4, -0.2) is 56.1 Å². The van der Waals surface area contributed by atoms with Crippen LogP contribution in [0.4, 0.5) is 0 Å². The Labute approximate surface area is 230 Å². The number of hydrogen-bond acceptors (Lipinski definition) is 6. The highest BCUT2D eigenvalue weighted by atomic mass is 16.2. The Morgan fingerprint density at radius 1 is 0.700 bits per heavy atom. The highest BCUT2D eigenvalue weighted by Gasteiger charge is 2.11. The minimum absolute atomic E-state index is 0.0355. The van der Waals surface area contributed by atoms with Crippen LogP contribution in [0.2, 0.25) is 0 Å². The minimum Gasteiger partial charge on any atom is -0.343 e. The van der Waals surface area contributed by atoms with E-state index in [4.69, 9.17) is 0 Å². The van der Waals surface area contributed by atoms with E-state index >= 15 is 0 Å². The number of hydrogen-bond donors (Lipinski definition) is 3. The molecule has 0 fully saturated rings. The normalized spacial score (nSPS) is 11.3. The van der Waals surface area contributed by atoms with E-state index < -0.39 is 5.69 Å². The number of fused-ring (bicyclic) bond motifs is 2. The Morgan fingerprint density at radius 2 is 1.18 bits per heavy atom. The summed E-state index contributed by atoms with van der Waals surface area (Å²) in [6.07, 6.45) is 3.74. The Hall–Kier alpha value is -4.25. The van der Waals surface area contributed by atoms with Crippen LogP contribution in [0.5, 0.6) is 0 Å². The second-order valence-corrected chi connectivity index (χ2v) is 9.89. The highest BCUT2D eigenvalue weighted by Crippen LogP contribution is 2.05. The van der Waals surface area contributed by atoms with E-state index in [1.54, 1.807) is 53.4 Å². The molecule has 0 atom stereocenters. The zero-order valence-electron chi connectivity index (χ0n) is 22.8. The van der Waals surface area contributed by atoms with Crippen molar-refractivity contribution in [1.82, 2.24) is 29.3 Å². The van der Waals surface area contributed by atoms with Crippen molar-refractivity contribution in [2.24, 2.45) is 0 Å². The van der Waals surface area contributed by atoms with Crippen molar-refractivity contribution >= 4 is 27.7 Å². The van der Waals surface area contributed by atoms with Gasteiger partial charge >= 0.3 is 11.4 Å². The lowest BCUT2D eigenvalue weighted by Crippen LogP contribution is -2.37. The standard InChI is InChI=1S/C29H36N6O5/c1-21(36)33(18-10-20-35-27(38)23-12-3-5-14-25(23)32-29(35)40)17-8-6-15-30-16-7-9-19-34-26(37)22-11-2-4-13-24(22)31-28(34)39/h2-5,11-14,30H,6-10,15-20H2,1H3,(H,31,39)(H,32,40). The van der Waals surface area contributed by atoms with E-state index in [-0.39, 0.29) is 29.3 Å². The molecule has 0 saturated heterocycles. The predicted molar refractivity (Wildman–Crippen MR) is 156 cm³/mol. The lowest BCUT2D eigenvalue weighted by Gasteiger charge is -2.21. The van der Waals surface area contributed by atoms with Gasteiger partial charge in [-0.3, -0.25) is 23.5 Å². The molecule has 0 aliphatic carbocycles. The number of benzene rings is 2. The molecule has 0 aliphatic rings. The topological polar surface area (TPSA) is 142 Å². The number of unbranched alkanes of at least 4 members (excludes halogenated alkanes) is 2. The number of nitrogens with zero attached hydrogens (tertiary/aromatic N) is 3. The number of carbonyl (C=O) groups excluding carboxylic acids is 1. The van der Waals surface area contributed by atoms with Crippen molar-refractivity contribution in [3.8, 4) is 0 Å². The molecule has 2 heterocycles. The number of H-pyrrole nitrogens is 2. The number of nitrogens with one attached hydrogen (secondary N) is 3. The van der Waals surface area contributed by atoms with Crippen LogP contribution in [0.15, 0.2) is 67.7 Å². The highest BCUT2D eigenvalue weighted by molar-refractivity contribution is 5.77. The summed E-state index contributed by atoms with van der Waals surface area (Å²) in [6.45, 7) is 4.77. The number of aromatic amines is 2. The van der Waals surface area contributed by atoms with Gasteiger partial charge in [-0.05, 0) is 69.5 Å². The van der Waals surface area contributed by atoms with Gasteiger partial charge in [-0.25, -0.2) is 9.59 Å². The van der Waals surface area contributed by atoms with Crippen LogP contribution in [0, 0.1) is 0 Å². The van der Waals surface area contributed by atoms with Crippen LogP contribution in [0.3, 0.4) is 0 Å². The van der Waals surface area contributed by atoms with Crippen LogP contribution in [-0.2, 0) is 17.9 Å². The third-order valence-electron chi connectivity index (χ3n) is 7.05. The average molecular weight is 549 g/mol. The molecule has 40 heavy (non-hydrogen) atoms. The van der Waals surface area contributed by atoms with Gasteiger partial charge in [-0.2, -0.15) is 0 Å². The lowest BCUT2D eigenvalue weighted by atomic mass is 10.2. The predicted octanol–water partition coefficient (Wildman–Crippen LogP) is 1.78. The van der Waals surface area contributed by atoms with Gasteiger partial charge in [-0.1, -0.05) is 24.3 Å². The number of carbonyl (C=O) groups is 1. The van der Waals surface area contributed by atoms with Gasteiger partial charge in [0.2, 0.25) is 5.91 Å². The van der Waals surface area contributed by atoms with Crippen LogP contribution < -0.4 is 27.8 Å². The molecule has 0 bridgehead atoms. The van der Waals surface area contributed by atoms with Crippen molar-refractivity contribution in [3.63, 3.8) is 0 Å². The van der Waals surface area contributed by atoms with Crippen molar-refractivity contribution in [3.05, 3.63) is 90.2 Å². The van der Waals surface area contributed by atoms with Crippen LogP contribution in [0.25, 0.3) is 21.8 Å². The molecule has 4 rings (SSSR count). The SMILES string of the molecule is CC(=O)N(CCCCNCCCCn1c(=O)[nH]c2ccccc2c1=O)CCCn1c(=O)[nH]c2ccccc2c1=O. The van der Waals surface area contributed by atoms with Crippen LogP contribution in [0.1, 0.15) is 39.0 Å². The van der Waals surface area contributed by atoms with Crippen molar-refractivity contribution in [2.45, 2.75) is 52.1 Å². The molecule has 0 radical (unpaired) electrons. The molecule has 1 amide bonds. The van der Waals surface area contributed by atoms with E-state index in [1.165, 1.54) is 16.1 Å². The molecular weight excluding hydrogens is 512 g/mol. The van der Waals surface area contributed by atoms with E-state index in [9.17, 15) is 24.0 Å². The molecule has 212 valence electrons. The van der Waals surface area contributed by atoms with Gasteiger partial charge < -0.3 is 20.2 Å². The molecule has 4 aromatic rings. The molecule has 11 nitrogen and oxygen atoms in total. The Kier molecular flexibility index (Phi) is 9.85. The molecule has 2 aromatic heterocycles. The van der Waals surface area contributed by atoms with Crippen molar-refractivity contribution in [2.75, 3.05) is 26.2 Å². The summed E-state index contributed by atoms with van der Waals surface area (Å²) in [5.74, 6) is -0.0355. The summed E-state index contributed by atoms with van der Waals surface area (Å²) in [5, 5.41) is 4.35. The molecular formula is C29H36N6O5. The molecule has 0 aliphatic heterocycles. The third-order valence-corrected chi connectivity index (χ3v) is 7.05. The Bertz CT molecular complexity index is 1700. The summed E-state index contributed by atoms with van der Waals surface area (Å²) in [4.78, 5) is 69.2. The molecule has 11 heteroatoms. The second-order valence-electron chi connectivity index (χ2n) is 9.89. The number of rotatable bonds is 14. The molecule has 0 spiro atoms. The summed E-state index contributed by atoms with van der Waals surface area (Å²) in [7, 11) is 0. The van der Waals surface area contributed by atoms with Gasteiger partial charge in [0.15, 0.2) is 0 Å². The maximum absolute atomic E-state index is 12.7. The first-order valence-electron chi connectivity index (χ1n) is 13.8. The monoisotopic (exact) mass is 548 g/mol. The molecule has 2 aromatic carbocycles. The smallest absolute Gasteiger partial charge is 0.328 e. The van der Waals surface area contributed by atoms with Gasteiger partial charge in [0, 0.05) is 33.1 Å². The van der Waals surface area contributed by atoms with Crippen molar-refractivity contribution < 1.29 is 4.79 Å². The zero-order valence-corrected chi connectivity index (χ0v) is 22.8. The van der Waals surface area contributed by atoms with E-state index in [0.717, 1.165) is 32.4 Å². The summed E-state index contributed by atoms with van der Waals surface area (Å²) >= 11 is 0. The second kappa shape index (κ2) is 13.7. The average Bonchev–Trinajstić information content (AvgIpc) is 2.94. The third kappa shape index (κ3) is 7.03. The molecule has 0 unspecified atom stereocenters. The quantitative estimate of drug-likeness (QED) is 0.205.